The second-order valence-electron chi connectivity index (χ2n) is 23.6. The SMILES string of the molecule is CC1(C)CC[C@@]2(C(=O)O[C@@H]3O[C@H](CO)[C@@H](O)[C@H](O)[C@H]3O)C(C1)C1=CCC3[C@@]4(C)CC[C@H](O[C@@H]5O[C@H](CO)[C@@H](O)[C@H](O)[C@H]5O[C@@H]5O[C@H](CO)[C@@H](O)[C@H](O)[C@H]5O)C(C)(C)C4CC[C@@]3(C)[C@]1(C)C[C@H]2O. The first-order valence-corrected chi connectivity index (χ1v) is 24.4. The zero-order chi connectivity index (χ0) is 49.1. The Morgan fingerprint density at radius 3 is 1.76 bits per heavy atom. The molecule has 0 amide bonds. The van der Waals surface area contributed by atoms with Gasteiger partial charge in [-0.1, -0.05) is 60.1 Å². The lowest BCUT2D eigenvalue weighted by atomic mass is 9.33. The van der Waals surface area contributed by atoms with Gasteiger partial charge in [0, 0.05) is 0 Å². The summed E-state index contributed by atoms with van der Waals surface area (Å²) in [6.45, 7) is 13.5. The number of carbonyl (C=O) groups excluding carboxylic acids is 1. The van der Waals surface area contributed by atoms with E-state index in [0.717, 1.165) is 24.8 Å². The molecule has 8 rings (SSSR count). The Bertz CT molecular complexity index is 1830. The molecule has 3 saturated heterocycles. The van der Waals surface area contributed by atoms with Crippen molar-refractivity contribution in [1.82, 2.24) is 0 Å². The van der Waals surface area contributed by atoms with Crippen LogP contribution >= 0.6 is 0 Å². The number of fused-ring (bicyclic) bond motifs is 7. The van der Waals surface area contributed by atoms with Crippen LogP contribution in [0.3, 0.4) is 0 Å². The fourth-order valence-electron chi connectivity index (χ4n) is 15.1. The summed E-state index contributed by atoms with van der Waals surface area (Å²) in [4.78, 5) is 14.7. The number of allylic oxidation sites excluding steroid dienone is 2. The minimum atomic E-state index is -1.80. The van der Waals surface area contributed by atoms with Gasteiger partial charge in [-0.25, -0.2) is 0 Å². The topological polar surface area (TPSA) is 315 Å². The first-order chi connectivity index (χ1) is 31.3. The van der Waals surface area contributed by atoms with Crippen LogP contribution in [-0.4, -0.2) is 191 Å². The molecule has 3 unspecified atom stereocenters. The minimum absolute atomic E-state index is 0.0858. The molecule has 0 spiro atoms. The average molecular weight is 959 g/mol. The van der Waals surface area contributed by atoms with Crippen LogP contribution in [-0.2, 0) is 33.2 Å². The maximum atomic E-state index is 14.7. The average Bonchev–Trinajstić information content (AvgIpc) is 3.27. The van der Waals surface area contributed by atoms with Gasteiger partial charge in [0.25, 0.3) is 0 Å². The summed E-state index contributed by atoms with van der Waals surface area (Å²) in [5.74, 6) is -0.945. The Balaban J connectivity index is 1.06. The predicted molar refractivity (Wildman–Crippen MR) is 232 cm³/mol. The van der Waals surface area contributed by atoms with Gasteiger partial charge < -0.3 is 89.7 Å². The fraction of sp³-hybridized carbons (Fsp3) is 0.938. The van der Waals surface area contributed by atoms with Gasteiger partial charge in [0.1, 0.15) is 78.7 Å². The van der Waals surface area contributed by atoms with Crippen LogP contribution in [0.15, 0.2) is 11.6 Å². The zero-order valence-corrected chi connectivity index (χ0v) is 39.8. The van der Waals surface area contributed by atoms with Crippen molar-refractivity contribution in [3.8, 4) is 0 Å². The lowest BCUT2D eigenvalue weighted by Gasteiger charge is -2.71. The van der Waals surface area contributed by atoms with Gasteiger partial charge in [0.2, 0.25) is 6.29 Å². The van der Waals surface area contributed by atoms with E-state index in [-0.39, 0.29) is 34.5 Å². The Kier molecular flexibility index (Phi) is 14.1. The molecule has 67 heavy (non-hydrogen) atoms. The molecule has 384 valence electrons. The van der Waals surface area contributed by atoms with Crippen molar-refractivity contribution in [2.45, 2.75) is 211 Å². The monoisotopic (exact) mass is 959 g/mol. The largest absolute Gasteiger partial charge is 0.432 e. The van der Waals surface area contributed by atoms with Crippen LogP contribution in [0.5, 0.6) is 0 Å². The Labute approximate surface area is 392 Å². The molecule has 0 aromatic rings. The van der Waals surface area contributed by atoms with Gasteiger partial charge in [-0.2, -0.15) is 0 Å². The van der Waals surface area contributed by atoms with Crippen molar-refractivity contribution >= 4 is 5.97 Å². The third-order valence-corrected chi connectivity index (χ3v) is 19.3. The molecule has 24 atom stereocenters. The van der Waals surface area contributed by atoms with E-state index in [1.54, 1.807) is 0 Å². The summed E-state index contributed by atoms with van der Waals surface area (Å²) < 4.78 is 36.0. The summed E-state index contributed by atoms with van der Waals surface area (Å²) in [5, 5.41) is 128. The number of hydrogen-bond donors (Lipinski definition) is 12. The molecule has 7 fully saturated rings. The molecule has 4 saturated carbocycles. The molecular weight excluding hydrogens is 881 g/mol. The van der Waals surface area contributed by atoms with Crippen molar-refractivity contribution in [1.29, 1.82) is 0 Å². The van der Waals surface area contributed by atoms with Crippen LogP contribution < -0.4 is 0 Å². The molecule has 0 aromatic carbocycles. The van der Waals surface area contributed by atoms with Crippen molar-refractivity contribution < 1.29 is 94.5 Å². The molecular formula is C48H78O19. The number of carbonyl (C=O) groups is 1. The van der Waals surface area contributed by atoms with Crippen LogP contribution in [0.4, 0.5) is 0 Å². The lowest BCUT2D eigenvalue weighted by Crippen LogP contribution is -2.68. The van der Waals surface area contributed by atoms with Crippen LogP contribution in [0, 0.1) is 50.2 Å². The van der Waals surface area contributed by atoms with Crippen LogP contribution in [0.1, 0.15) is 106 Å². The van der Waals surface area contributed by atoms with Gasteiger partial charge in [-0.15, -0.1) is 0 Å². The normalized spacial score (nSPS) is 53.8. The first kappa shape index (κ1) is 51.9. The molecule has 3 heterocycles. The van der Waals surface area contributed by atoms with E-state index in [4.69, 9.17) is 28.4 Å². The summed E-state index contributed by atoms with van der Waals surface area (Å²) in [6.07, 6.45) is -17.7. The van der Waals surface area contributed by atoms with Crippen molar-refractivity contribution in [3.05, 3.63) is 11.6 Å². The summed E-state index contributed by atoms with van der Waals surface area (Å²) in [7, 11) is 0. The zero-order valence-electron chi connectivity index (χ0n) is 39.8. The molecule has 3 aliphatic heterocycles. The summed E-state index contributed by atoms with van der Waals surface area (Å²) in [5.41, 5.74) is -2.13. The Hall–Kier alpha value is -1.47. The molecule has 0 radical (unpaired) electrons. The number of hydrogen-bond acceptors (Lipinski definition) is 19. The van der Waals surface area contributed by atoms with E-state index >= 15 is 0 Å². The second kappa shape index (κ2) is 18.2. The van der Waals surface area contributed by atoms with Crippen molar-refractivity contribution in [2.24, 2.45) is 50.2 Å². The third kappa shape index (κ3) is 8.01. The van der Waals surface area contributed by atoms with Gasteiger partial charge in [0.15, 0.2) is 12.6 Å². The quantitative estimate of drug-likeness (QED) is 0.0758. The van der Waals surface area contributed by atoms with Gasteiger partial charge in [-0.05, 0) is 103 Å². The molecule has 5 aliphatic carbocycles. The Morgan fingerprint density at radius 2 is 1.16 bits per heavy atom. The van der Waals surface area contributed by atoms with Crippen LogP contribution in [0.2, 0.25) is 0 Å². The maximum absolute atomic E-state index is 14.7. The van der Waals surface area contributed by atoms with Gasteiger partial charge >= 0.3 is 5.97 Å². The highest BCUT2D eigenvalue weighted by Gasteiger charge is 2.72. The first-order valence-electron chi connectivity index (χ1n) is 24.4. The molecule has 19 nitrogen and oxygen atoms in total. The molecule has 0 bridgehead atoms. The van der Waals surface area contributed by atoms with Crippen LogP contribution in [0.25, 0.3) is 0 Å². The molecule has 0 aromatic heterocycles. The standard InChI is InChI=1S/C48H78O19/c1-43(2)14-15-48(42(61)67-40-37(60)34(57)31(54)24(19-50)63-40)22(16-43)21-8-9-27-45(5)12-11-29(44(3,4)26(45)10-13-46(27,6)47(21,7)17-28(48)52)65-41-38(35(58)32(55)25(20-51)64-41)66-39-36(59)33(56)30(53)23(18-49)62-39/h8,22-41,49-60H,9-20H2,1-7H3/t22?,23-,24-,25-,26?,27?,28-,29+,30-,31-,32-,33+,34+,35+,36-,37-,38-,39+,40+,41+,45+,46-,47-,48-/m1/s1. The van der Waals surface area contributed by atoms with E-state index in [1.807, 2.05) is 0 Å². The van der Waals surface area contributed by atoms with Gasteiger partial charge in [-0.3, -0.25) is 4.79 Å². The Morgan fingerprint density at radius 1 is 0.612 bits per heavy atom. The highest BCUT2D eigenvalue weighted by atomic mass is 16.8. The molecule has 12 N–H and O–H groups in total. The lowest BCUT2D eigenvalue weighted by molar-refractivity contribution is -0.378. The van der Waals surface area contributed by atoms with E-state index in [2.05, 4.69) is 54.5 Å². The summed E-state index contributed by atoms with van der Waals surface area (Å²) >= 11 is 0. The number of aliphatic hydroxyl groups is 12. The highest BCUT2D eigenvalue weighted by molar-refractivity contribution is 5.80. The van der Waals surface area contributed by atoms with E-state index in [1.165, 1.54) is 0 Å². The second-order valence-corrected chi connectivity index (χ2v) is 23.6. The maximum Gasteiger partial charge on any atom is 0.317 e. The number of esters is 1. The highest BCUT2D eigenvalue weighted by Crippen LogP contribution is 2.76. The van der Waals surface area contributed by atoms with Crippen molar-refractivity contribution in [3.63, 3.8) is 0 Å². The van der Waals surface area contributed by atoms with Gasteiger partial charge in [0.05, 0.1) is 32.0 Å². The van der Waals surface area contributed by atoms with E-state index < -0.39 is 152 Å². The third-order valence-electron chi connectivity index (χ3n) is 19.3. The predicted octanol–water partition coefficient (Wildman–Crippen LogP) is -0.889. The molecule has 19 heteroatoms. The fourth-order valence-corrected chi connectivity index (χ4v) is 15.1. The smallest absolute Gasteiger partial charge is 0.317 e. The number of rotatable bonds is 9. The van der Waals surface area contributed by atoms with E-state index in [9.17, 15) is 66.1 Å². The minimum Gasteiger partial charge on any atom is -0.432 e. The van der Waals surface area contributed by atoms with E-state index in [0.29, 0.717) is 32.1 Å². The number of aliphatic hydroxyl groups excluding tert-OH is 12. The van der Waals surface area contributed by atoms with Crippen molar-refractivity contribution in [2.75, 3.05) is 19.8 Å². The molecule has 8 aliphatic rings. The number of ether oxygens (including phenoxy) is 6. The summed E-state index contributed by atoms with van der Waals surface area (Å²) in [6, 6.07) is 0.